The molecule has 36 heavy (non-hydrogen) atoms. The van der Waals surface area contributed by atoms with Crippen molar-refractivity contribution in [3.05, 3.63) is 78.0 Å². The molecule has 186 valence electrons. The number of pyridine rings is 1. The van der Waals surface area contributed by atoms with Crippen LogP contribution in [0.4, 0.5) is 19.0 Å². The van der Waals surface area contributed by atoms with Crippen molar-refractivity contribution >= 4 is 21.4 Å². The van der Waals surface area contributed by atoms with Gasteiger partial charge < -0.3 is 9.84 Å². The van der Waals surface area contributed by atoms with Crippen LogP contribution in [0.3, 0.4) is 0 Å². The van der Waals surface area contributed by atoms with E-state index in [0.29, 0.717) is 33.2 Å². The minimum absolute atomic E-state index is 0.169. The number of aryl methyl sites for hydroxylation is 1. The number of aromatic nitrogens is 3. The second kappa shape index (κ2) is 8.59. The highest BCUT2D eigenvalue weighted by atomic mass is 32.2. The van der Waals surface area contributed by atoms with Gasteiger partial charge in [0, 0.05) is 28.8 Å². The highest BCUT2D eigenvalue weighted by molar-refractivity contribution is 8.01. The van der Waals surface area contributed by atoms with E-state index >= 15 is 0 Å². The third-order valence-corrected chi connectivity index (χ3v) is 7.94. The van der Waals surface area contributed by atoms with Crippen molar-refractivity contribution in [3.8, 4) is 28.6 Å². The molecule has 0 aliphatic carbocycles. The second-order valence-corrected chi connectivity index (χ2v) is 10.5. The Hall–Kier alpha value is -3.99. The molecule has 1 aliphatic rings. The highest BCUT2D eigenvalue weighted by Gasteiger charge is 2.32. The van der Waals surface area contributed by atoms with Crippen LogP contribution in [-0.4, -0.2) is 42.9 Å². The zero-order valence-corrected chi connectivity index (χ0v) is 19.9. The number of alkyl halides is 3. The molecule has 0 spiro atoms. The van der Waals surface area contributed by atoms with Crippen LogP contribution in [0.1, 0.15) is 11.1 Å². The van der Waals surface area contributed by atoms with Gasteiger partial charge in [-0.25, -0.2) is 13.9 Å². The maximum atomic E-state index is 13.9. The topological polar surface area (TPSA) is 80.5 Å². The molecule has 11 heteroatoms. The van der Waals surface area contributed by atoms with Crippen molar-refractivity contribution in [1.82, 2.24) is 14.8 Å². The first kappa shape index (κ1) is 23.7. The minimum atomic E-state index is -4.80. The first-order valence-corrected chi connectivity index (χ1v) is 12.6. The van der Waals surface area contributed by atoms with Gasteiger partial charge in [-0.15, -0.1) is 13.2 Å². The molecule has 0 saturated carbocycles. The van der Waals surface area contributed by atoms with E-state index < -0.39 is 16.1 Å². The van der Waals surface area contributed by atoms with Crippen molar-refractivity contribution in [2.75, 3.05) is 10.8 Å². The Bertz CT molecular complexity index is 1530. The van der Waals surface area contributed by atoms with E-state index in [1.807, 2.05) is 19.1 Å². The monoisotopic (exact) mass is 514 g/mol. The predicted molar refractivity (Wildman–Crippen MR) is 131 cm³/mol. The SMILES string of the molecule is C=S(=O)(c1ccc(C)cc1)N1CCc2c(nn(-c3ccc(OC(F)(F)F)cc3)c2O)-c2cccnc21. The zero-order valence-electron chi connectivity index (χ0n) is 19.1. The third-order valence-electron chi connectivity index (χ3n) is 5.86. The number of ether oxygens (including phenoxy) is 1. The van der Waals surface area contributed by atoms with Crippen LogP contribution in [-0.2, 0) is 16.1 Å². The fraction of sp³-hybridized carbons (Fsp3) is 0.160. The summed E-state index contributed by atoms with van der Waals surface area (Å²) in [6, 6.07) is 15.8. The van der Waals surface area contributed by atoms with Crippen LogP contribution < -0.4 is 9.04 Å². The van der Waals surface area contributed by atoms with Gasteiger partial charge in [0.2, 0.25) is 5.88 Å². The number of aromatic hydroxyl groups is 1. The van der Waals surface area contributed by atoms with E-state index in [-0.39, 0.29) is 24.6 Å². The number of halogens is 3. The summed E-state index contributed by atoms with van der Waals surface area (Å²) < 4.78 is 58.2. The molecule has 2 aromatic carbocycles. The molecular weight excluding hydrogens is 493 g/mol. The lowest BCUT2D eigenvalue weighted by molar-refractivity contribution is -0.274. The van der Waals surface area contributed by atoms with Gasteiger partial charge in [0.1, 0.15) is 17.3 Å². The number of rotatable bonds is 4. The molecule has 0 saturated heterocycles. The van der Waals surface area contributed by atoms with Gasteiger partial charge in [0.25, 0.3) is 0 Å². The average molecular weight is 515 g/mol. The molecule has 0 radical (unpaired) electrons. The highest BCUT2D eigenvalue weighted by Crippen LogP contribution is 2.40. The molecular formula is C25H21F3N4O3S. The van der Waals surface area contributed by atoms with Gasteiger partial charge in [-0.1, -0.05) is 17.7 Å². The molecule has 1 atom stereocenters. The summed E-state index contributed by atoms with van der Waals surface area (Å²) in [4.78, 5) is 5.03. The largest absolute Gasteiger partial charge is 0.573 e. The van der Waals surface area contributed by atoms with Crippen LogP contribution in [0.5, 0.6) is 11.6 Å². The van der Waals surface area contributed by atoms with Gasteiger partial charge >= 0.3 is 6.36 Å². The lowest BCUT2D eigenvalue weighted by Crippen LogP contribution is -2.33. The fourth-order valence-electron chi connectivity index (χ4n) is 4.12. The van der Waals surface area contributed by atoms with E-state index in [4.69, 9.17) is 0 Å². The number of anilines is 1. The Balaban J connectivity index is 1.56. The molecule has 0 fully saturated rings. The van der Waals surface area contributed by atoms with Crippen molar-refractivity contribution in [3.63, 3.8) is 0 Å². The number of nitrogens with zero attached hydrogens (tertiary/aromatic N) is 4. The summed E-state index contributed by atoms with van der Waals surface area (Å²) in [6.07, 6.45) is -2.94. The van der Waals surface area contributed by atoms with E-state index in [1.54, 1.807) is 34.8 Å². The van der Waals surface area contributed by atoms with Gasteiger partial charge in [-0.05, 0) is 67.7 Å². The van der Waals surface area contributed by atoms with Crippen molar-refractivity contribution in [2.24, 2.45) is 0 Å². The van der Waals surface area contributed by atoms with Gasteiger partial charge in [0.15, 0.2) is 0 Å². The Kier molecular flexibility index (Phi) is 5.67. The summed E-state index contributed by atoms with van der Waals surface area (Å²) in [5.41, 5.74) is 2.87. The minimum Gasteiger partial charge on any atom is -0.493 e. The molecule has 0 amide bonds. The summed E-state index contributed by atoms with van der Waals surface area (Å²) in [5, 5.41) is 15.6. The smallest absolute Gasteiger partial charge is 0.493 e. The predicted octanol–water partition coefficient (Wildman–Crippen LogP) is 4.90. The maximum Gasteiger partial charge on any atom is 0.573 e. The second-order valence-electron chi connectivity index (χ2n) is 8.28. The zero-order chi connectivity index (χ0) is 25.7. The molecule has 7 nitrogen and oxygen atoms in total. The van der Waals surface area contributed by atoms with E-state index in [2.05, 4.69) is 20.7 Å². The van der Waals surface area contributed by atoms with Gasteiger partial charge in [-0.2, -0.15) is 5.10 Å². The average Bonchev–Trinajstić information content (AvgIpc) is 3.05. The van der Waals surface area contributed by atoms with Gasteiger partial charge in [-0.3, -0.25) is 4.31 Å². The quantitative estimate of drug-likeness (QED) is 0.392. The van der Waals surface area contributed by atoms with Crippen LogP contribution in [0.15, 0.2) is 71.8 Å². The molecule has 4 aromatic rings. The Labute approximate surface area is 205 Å². The number of fused-ring (bicyclic) bond motifs is 3. The molecule has 1 N–H and O–H groups in total. The normalized spacial score (nSPS) is 14.9. The first-order chi connectivity index (χ1) is 17.0. The van der Waals surface area contributed by atoms with Crippen molar-refractivity contribution in [2.45, 2.75) is 24.6 Å². The molecule has 2 aromatic heterocycles. The summed E-state index contributed by atoms with van der Waals surface area (Å²) in [7, 11) is -2.96. The van der Waals surface area contributed by atoms with Crippen molar-refractivity contribution < 1.29 is 27.2 Å². The number of hydrogen-bond acceptors (Lipinski definition) is 5. The fourth-order valence-corrected chi connectivity index (χ4v) is 5.75. The Morgan fingerprint density at radius 2 is 1.78 bits per heavy atom. The lowest BCUT2D eigenvalue weighted by Gasteiger charge is -2.27. The van der Waals surface area contributed by atoms with Crippen LogP contribution in [0.25, 0.3) is 16.9 Å². The summed E-state index contributed by atoms with van der Waals surface area (Å²) in [6.45, 7) is 2.18. The van der Waals surface area contributed by atoms with E-state index in [1.165, 1.54) is 16.8 Å². The Morgan fingerprint density at radius 1 is 1.08 bits per heavy atom. The molecule has 1 aliphatic heterocycles. The third kappa shape index (κ3) is 4.26. The number of hydrogen-bond donors (Lipinski definition) is 1. The summed E-state index contributed by atoms with van der Waals surface area (Å²) in [5.74, 6) is 3.90. The summed E-state index contributed by atoms with van der Waals surface area (Å²) >= 11 is 0. The van der Waals surface area contributed by atoms with E-state index in [0.717, 1.165) is 17.7 Å². The van der Waals surface area contributed by atoms with Gasteiger partial charge in [0.05, 0.1) is 15.4 Å². The van der Waals surface area contributed by atoms with Crippen molar-refractivity contribution in [1.29, 1.82) is 0 Å². The Morgan fingerprint density at radius 3 is 2.44 bits per heavy atom. The van der Waals surface area contributed by atoms with Crippen LogP contribution in [0.2, 0.25) is 0 Å². The number of benzene rings is 2. The lowest BCUT2D eigenvalue weighted by atomic mass is 10.1. The maximum absolute atomic E-state index is 13.9. The standard InChI is InChI=1S/C25H21F3N4O3S/c1-16-5-11-19(12-6-16)36(2,34)31-15-13-21-22(20-4-3-14-29-23(20)31)30-32(24(21)33)17-7-9-18(10-8-17)35-25(26,27)28/h3-12,14,33H,2,13,15H2,1H3. The van der Waals surface area contributed by atoms with Crippen LogP contribution >= 0.6 is 0 Å². The van der Waals surface area contributed by atoms with Crippen LogP contribution in [0, 0.1) is 6.92 Å². The molecule has 5 rings (SSSR count). The molecule has 0 bridgehead atoms. The first-order valence-electron chi connectivity index (χ1n) is 10.9. The van der Waals surface area contributed by atoms with E-state index in [9.17, 15) is 22.5 Å². The molecule has 1 unspecified atom stereocenters. The molecule has 3 heterocycles.